The molecule has 1 unspecified atom stereocenters. The maximum atomic E-state index is 9.57. The van der Waals surface area contributed by atoms with Gasteiger partial charge in [0.2, 0.25) is 5.82 Å². The molecule has 2 heterocycles. The van der Waals surface area contributed by atoms with Crippen molar-refractivity contribution in [2.45, 2.75) is 64.1 Å². The summed E-state index contributed by atoms with van der Waals surface area (Å²) in [6.07, 6.45) is 7.61. The Bertz CT molecular complexity index is 1150. The number of hydrogen-bond acceptors (Lipinski definition) is 7. The summed E-state index contributed by atoms with van der Waals surface area (Å²) in [6, 6.07) is 7.57. The first-order valence-corrected chi connectivity index (χ1v) is 11.4. The van der Waals surface area contributed by atoms with E-state index in [1.165, 1.54) is 0 Å². The second-order valence-electron chi connectivity index (χ2n) is 8.93. The fourth-order valence-electron chi connectivity index (χ4n) is 4.79. The SMILES string of the molecule is C=C1/C(=C(\C=C/C)c2noc(-c3ccc(OC(C)C)c(C#N)c3)n2)CC[C@]12CCC(CO)N2. The lowest BCUT2D eigenvalue weighted by Gasteiger charge is -2.26. The topological polar surface area (TPSA) is 104 Å². The van der Waals surface area contributed by atoms with Crippen molar-refractivity contribution in [3.63, 3.8) is 0 Å². The quantitative estimate of drug-likeness (QED) is 0.670. The highest BCUT2D eigenvalue weighted by atomic mass is 16.5. The summed E-state index contributed by atoms with van der Waals surface area (Å²) in [5.74, 6) is 1.37. The Kier molecular flexibility index (Phi) is 6.50. The largest absolute Gasteiger partial charge is 0.490 e. The first kappa shape index (κ1) is 23.0. The Labute approximate surface area is 194 Å². The van der Waals surface area contributed by atoms with E-state index in [2.05, 4.69) is 28.1 Å². The third-order valence-electron chi connectivity index (χ3n) is 6.40. The van der Waals surface area contributed by atoms with Gasteiger partial charge in [0, 0.05) is 22.7 Å². The van der Waals surface area contributed by atoms with Gasteiger partial charge >= 0.3 is 0 Å². The average molecular weight is 447 g/mol. The molecule has 0 amide bonds. The third kappa shape index (κ3) is 4.37. The number of nitrogens with one attached hydrogen (secondary N) is 1. The average Bonchev–Trinajstić information content (AvgIpc) is 3.53. The minimum atomic E-state index is -0.171. The minimum Gasteiger partial charge on any atom is -0.490 e. The normalized spacial score (nSPS) is 24.2. The number of nitriles is 1. The van der Waals surface area contributed by atoms with Crippen LogP contribution in [0.1, 0.15) is 57.8 Å². The predicted octanol–water partition coefficient (Wildman–Crippen LogP) is 4.56. The monoisotopic (exact) mass is 446 g/mol. The number of aliphatic hydroxyl groups is 1. The van der Waals surface area contributed by atoms with E-state index >= 15 is 0 Å². The number of aliphatic hydroxyl groups excluding tert-OH is 1. The van der Waals surface area contributed by atoms with Crippen LogP contribution < -0.4 is 10.1 Å². The van der Waals surface area contributed by atoms with E-state index in [9.17, 15) is 10.4 Å². The summed E-state index contributed by atoms with van der Waals surface area (Å²) < 4.78 is 11.3. The predicted molar refractivity (Wildman–Crippen MR) is 126 cm³/mol. The molecule has 172 valence electrons. The molecule has 0 radical (unpaired) electrons. The molecule has 1 aromatic heterocycles. The number of rotatable bonds is 6. The maximum Gasteiger partial charge on any atom is 0.258 e. The minimum absolute atomic E-state index is 0.0298. The number of ether oxygens (including phenoxy) is 1. The van der Waals surface area contributed by atoms with E-state index in [1.807, 2.05) is 39.0 Å². The van der Waals surface area contributed by atoms with Crippen molar-refractivity contribution < 1.29 is 14.4 Å². The van der Waals surface area contributed by atoms with Gasteiger partial charge in [0.25, 0.3) is 5.89 Å². The van der Waals surface area contributed by atoms with Crippen LogP contribution >= 0.6 is 0 Å². The molecule has 2 atom stereocenters. The molecule has 7 nitrogen and oxygen atoms in total. The first-order chi connectivity index (χ1) is 15.9. The number of allylic oxidation sites excluding steroid dienone is 3. The van der Waals surface area contributed by atoms with E-state index in [1.54, 1.807) is 12.1 Å². The van der Waals surface area contributed by atoms with Crippen molar-refractivity contribution in [2.24, 2.45) is 0 Å². The molecule has 1 saturated heterocycles. The fourth-order valence-corrected chi connectivity index (χ4v) is 4.79. The Morgan fingerprint density at radius 3 is 2.94 bits per heavy atom. The van der Waals surface area contributed by atoms with Crippen molar-refractivity contribution in [2.75, 3.05) is 6.61 Å². The van der Waals surface area contributed by atoms with E-state index in [0.29, 0.717) is 28.6 Å². The van der Waals surface area contributed by atoms with Crippen LogP contribution in [0.4, 0.5) is 0 Å². The van der Waals surface area contributed by atoms with E-state index in [0.717, 1.165) is 42.4 Å². The molecule has 4 rings (SSSR count). The second kappa shape index (κ2) is 9.34. The molecule has 1 spiro atoms. The van der Waals surface area contributed by atoms with Crippen molar-refractivity contribution in [1.29, 1.82) is 5.26 Å². The van der Waals surface area contributed by atoms with Gasteiger partial charge in [-0.1, -0.05) is 23.9 Å². The standard InChI is InChI=1S/C26H30N4O3/c1-5-6-22(21-10-12-26(17(21)4)11-9-20(15-31)29-26)24-28-25(33-30-24)18-7-8-23(32-16(2)3)19(13-18)14-27/h5-8,13,16,20,29,31H,4,9-12,15H2,1-3H3/b6-5-,22-21+/t20?,26-/m1/s1. The Hall–Kier alpha value is -3.21. The Morgan fingerprint density at radius 2 is 2.27 bits per heavy atom. The van der Waals surface area contributed by atoms with Gasteiger partial charge in [0.1, 0.15) is 11.8 Å². The third-order valence-corrected chi connectivity index (χ3v) is 6.40. The van der Waals surface area contributed by atoms with Crippen LogP contribution in [-0.4, -0.2) is 39.5 Å². The molecule has 2 aliphatic rings. The summed E-state index contributed by atoms with van der Waals surface area (Å²) in [4.78, 5) is 4.65. The summed E-state index contributed by atoms with van der Waals surface area (Å²) in [5, 5.41) is 26.9. The molecule has 2 aromatic rings. The molecule has 2 N–H and O–H groups in total. The summed E-state index contributed by atoms with van der Waals surface area (Å²) in [5.41, 5.74) is 3.96. The lowest BCUT2D eigenvalue weighted by atomic mass is 9.89. The molecule has 0 bridgehead atoms. The molecule has 1 aromatic carbocycles. The number of benzene rings is 1. The molecule has 7 heteroatoms. The van der Waals surface area contributed by atoms with Crippen molar-refractivity contribution in [3.05, 3.63) is 59.5 Å². The van der Waals surface area contributed by atoms with Crippen molar-refractivity contribution in [1.82, 2.24) is 15.5 Å². The highest BCUT2D eigenvalue weighted by Gasteiger charge is 2.45. The zero-order valence-electron chi connectivity index (χ0n) is 19.4. The van der Waals surface area contributed by atoms with Crippen LogP contribution in [0.3, 0.4) is 0 Å². The molecule has 1 aliphatic carbocycles. The van der Waals surface area contributed by atoms with Gasteiger partial charge in [-0.05, 0) is 75.8 Å². The summed E-state index contributed by atoms with van der Waals surface area (Å²) >= 11 is 0. The van der Waals surface area contributed by atoms with Gasteiger partial charge in [-0.25, -0.2) is 0 Å². The fraction of sp³-hybridized carbons (Fsp3) is 0.423. The van der Waals surface area contributed by atoms with Crippen LogP contribution in [0.5, 0.6) is 5.75 Å². The van der Waals surface area contributed by atoms with Crippen molar-refractivity contribution in [3.8, 4) is 23.3 Å². The lowest BCUT2D eigenvalue weighted by molar-refractivity contribution is 0.241. The number of aromatic nitrogens is 2. The van der Waals surface area contributed by atoms with Gasteiger partial charge in [-0.15, -0.1) is 0 Å². The van der Waals surface area contributed by atoms with E-state index in [-0.39, 0.29) is 24.3 Å². The number of hydrogen-bond donors (Lipinski definition) is 2. The van der Waals surface area contributed by atoms with Crippen LogP contribution in [0.2, 0.25) is 0 Å². The van der Waals surface area contributed by atoms with Crippen LogP contribution in [0.25, 0.3) is 17.0 Å². The lowest BCUT2D eigenvalue weighted by Crippen LogP contribution is -2.43. The van der Waals surface area contributed by atoms with Crippen LogP contribution in [0.15, 0.2) is 52.6 Å². The summed E-state index contributed by atoms with van der Waals surface area (Å²) in [6.45, 7) is 10.3. The maximum absolute atomic E-state index is 9.57. The second-order valence-corrected chi connectivity index (χ2v) is 8.93. The van der Waals surface area contributed by atoms with Gasteiger partial charge in [0.05, 0.1) is 18.3 Å². The van der Waals surface area contributed by atoms with Crippen LogP contribution in [0, 0.1) is 11.3 Å². The molecule has 33 heavy (non-hydrogen) atoms. The zero-order valence-corrected chi connectivity index (χ0v) is 19.4. The van der Waals surface area contributed by atoms with E-state index < -0.39 is 0 Å². The Balaban J connectivity index is 1.67. The van der Waals surface area contributed by atoms with Gasteiger partial charge in [-0.3, -0.25) is 0 Å². The Morgan fingerprint density at radius 1 is 1.45 bits per heavy atom. The molecule has 1 saturated carbocycles. The zero-order chi connectivity index (χ0) is 23.6. The molecular weight excluding hydrogens is 416 g/mol. The van der Waals surface area contributed by atoms with Gasteiger partial charge in [-0.2, -0.15) is 10.2 Å². The summed E-state index contributed by atoms with van der Waals surface area (Å²) in [7, 11) is 0. The molecular formula is C26H30N4O3. The first-order valence-electron chi connectivity index (χ1n) is 11.4. The molecule has 1 aliphatic heterocycles. The van der Waals surface area contributed by atoms with Gasteiger partial charge in [0.15, 0.2) is 0 Å². The number of nitrogens with zero attached hydrogens (tertiary/aromatic N) is 3. The van der Waals surface area contributed by atoms with Crippen LogP contribution in [-0.2, 0) is 0 Å². The van der Waals surface area contributed by atoms with Crippen molar-refractivity contribution >= 4 is 5.57 Å². The van der Waals surface area contributed by atoms with Gasteiger partial charge < -0.3 is 19.7 Å². The highest BCUT2D eigenvalue weighted by Crippen LogP contribution is 2.47. The highest BCUT2D eigenvalue weighted by molar-refractivity contribution is 5.78. The molecule has 2 fully saturated rings. The smallest absolute Gasteiger partial charge is 0.258 e. The van der Waals surface area contributed by atoms with E-state index in [4.69, 9.17) is 9.26 Å².